The first-order chi connectivity index (χ1) is 14.7. The van der Waals surface area contributed by atoms with Gasteiger partial charge in [0.15, 0.2) is 0 Å². The molecule has 31 heavy (non-hydrogen) atoms. The number of alkyl carbamates (subject to hydrolysis) is 1. The minimum Gasteiger partial charge on any atom is -0.443 e. The van der Waals surface area contributed by atoms with Gasteiger partial charge < -0.3 is 30.0 Å². The van der Waals surface area contributed by atoms with Crippen molar-refractivity contribution >= 4 is 12.0 Å². The molecule has 2 amide bonds. The second kappa shape index (κ2) is 8.05. The summed E-state index contributed by atoms with van der Waals surface area (Å²) in [5, 5.41) is 2.77. The maximum atomic E-state index is 12.8. The number of carbonyl (C=O) groups excluding carboxylic acids is 2. The highest BCUT2D eigenvalue weighted by molar-refractivity contribution is 5.89. The van der Waals surface area contributed by atoms with Crippen molar-refractivity contribution < 1.29 is 28.5 Å². The first-order valence-electron chi connectivity index (χ1n) is 11.4. The van der Waals surface area contributed by atoms with Crippen molar-refractivity contribution in [2.75, 3.05) is 13.7 Å². The van der Waals surface area contributed by atoms with Gasteiger partial charge in [0.1, 0.15) is 28.9 Å². The van der Waals surface area contributed by atoms with Crippen molar-refractivity contribution in [3.8, 4) is 0 Å². The van der Waals surface area contributed by atoms with Crippen LogP contribution in [0, 0.1) is 5.92 Å². The van der Waals surface area contributed by atoms with E-state index in [0.717, 1.165) is 25.7 Å². The lowest BCUT2D eigenvalue weighted by molar-refractivity contribution is -0.126. The Kier molecular flexibility index (Phi) is 5.85. The number of amides is 2. The van der Waals surface area contributed by atoms with Gasteiger partial charge in [0, 0.05) is 7.11 Å². The molecule has 0 bridgehead atoms. The number of epoxide rings is 2. The highest BCUT2D eigenvalue weighted by atomic mass is 16.6. The Bertz CT molecular complexity index is 753. The average Bonchev–Trinajstić information content (AvgIpc) is 3.56. The number of allylic oxidation sites excluding steroid dienone is 1. The van der Waals surface area contributed by atoms with E-state index in [4.69, 9.17) is 24.7 Å². The molecule has 4 fully saturated rings. The molecule has 0 unspecified atom stereocenters. The molecule has 2 heterocycles. The standard InChI is InChI=1S/C23H36N2O6/c1-14(2)7-8-16-21(3,31-16)18-17(28-4)15(9-12-23(18)13-29-23)30-20(27)25-22(19(24)26)10-5-6-11-22/h7,15-18H,5-6,8-13H2,1-4H3,(H2,24,26)(H,25,27)/t15-,16-,17-,18-,21+,23+/m1/s1. The lowest BCUT2D eigenvalue weighted by Gasteiger charge is -2.42. The molecule has 1 spiro atoms. The van der Waals surface area contributed by atoms with Crippen LogP contribution in [0.15, 0.2) is 11.6 Å². The third-order valence-corrected chi connectivity index (χ3v) is 7.77. The summed E-state index contributed by atoms with van der Waals surface area (Å²) in [4.78, 5) is 24.8. The van der Waals surface area contributed by atoms with Gasteiger partial charge in [-0.25, -0.2) is 4.79 Å². The second-order valence-corrected chi connectivity index (χ2v) is 10.1. The molecule has 2 saturated carbocycles. The Balaban J connectivity index is 1.47. The van der Waals surface area contributed by atoms with Gasteiger partial charge in [-0.3, -0.25) is 4.79 Å². The quantitative estimate of drug-likeness (QED) is 0.468. The number of carbonyl (C=O) groups is 2. The summed E-state index contributed by atoms with van der Waals surface area (Å²) in [5.41, 5.74) is 5.19. The molecule has 8 heteroatoms. The maximum Gasteiger partial charge on any atom is 0.408 e. The van der Waals surface area contributed by atoms with E-state index < -0.39 is 23.6 Å². The van der Waals surface area contributed by atoms with E-state index in [9.17, 15) is 9.59 Å². The minimum atomic E-state index is -1.00. The zero-order valence-electron chi connectivity index (χ0n) is 19.1. The van der Waals surface area contributed by atoms with Gasteiger partial charge >= 0.3 is 6.09 Å². The first kappa shape index (κ1) is 22.6. The van der Waals surface area contributed by atoms with Crippen LogP contribution in [-0.2, 0) is 23.7 Å². The average molecular weight is 437 g/mol. The second-order valence-electron chi connectivity index (χ2n) is 10.1. The Labute approximate surface area is 184 Å². The van der Waals surface area contributed by atoms with Crippen molar-refractivity contribution in [1.29, 1.82) is 0 Å². The number of primary amides is 1. The Morgan fingerprint density at radius 1 is 1.23 bits per heavy atom. The fourth-order valence-electron chi connectivity index (χ4n) is 5.84. The topological polar surface area (TPSA) is 116 Å². The predicted octanol–water partition coefficient (Wildman–Crippen LogP) is 2.59. The van der Waals surface area contributed by atoms with Crippen LogP contribution < -0.4 is 11.1 Å². The number of ether oxygens (including phenoxy) is 4. The third-order valence-electron chi connectivity index (χ3n) is 7.77. The van der Waals surface area contributed by atoms with Crippen molar-refractivity contribution in [3.63, 3.8) is 0 Å². The van der Waals surface area contributed by atoms with E-state index >= 15 is 0 Å². The van der Waals surface area contributed by atoms with Crippen LogP contribution in [0.1, 0.15) is 65.7 Å². The molecule has 0 radical (unpaired) electrons. The highest BCUT2D eigenvalue weighted by Gasteiger charge is 2.72. The summed E-state index contributed by atoms with van der Waals surface area (Å²) >= 11 is 0. The molecule has 4 rings (SSSR count). The van der Waals surface area contributed by atoms with Gasteiger partial charge in [-0.15, -0.1) is 0 Å². The van der Waals surface area contributed by atoms with Gasteiger partial charge in [0.05, 0.1) is 18.6 Å². The van der Waals surface area contributed by atoms with Gasteiger partial charge in [-0.05, 0) is 52.9 Å². The minimum absolute atomic E-state index is 0.0382. The van der Waals surface area contributed by atoms with Crippen molar-refractivity contribution in [3.05, 3.63) is 11.6 Å². The van der Waals surface area contributed by atoms with E-state index in [1.807, 2.05) is 0 Å². The van der Waals surface area contributed by atoms with Crippen molar-refractivity contribution in [1.82, 2.24) is 5.32 Å². The maximum absolute atomic E-state index is 12.8. The summed E-state index contributed by atoms with van der Waals surface area (Å²) < 4.78 is 23.9. The van der Waals surface area contributed by atoms with Gasteiger partial charge in [0.25, 0.3) is 0 Å². The van der Waals surface area contributed by atoms with Gasteiger partial charge in [-0.1, -0.05) is 24.5 Å². The number of methoxy groups -OCH3 is 1. The summed E-state index contributed by atoms with van der Waals surface area (Å²) in [6, 6.07) is 0. The van der Waals surface area contributed by atoms with Gasteiger partial charge in [-0.2, -0.15) is 0 Å². The largest absolute Gasteiger partial charge is 0.443 e. The van der Waals surface area contributed by atoms with Crippen LogP contribution in [-0.4, -0.2) is 60.8 Å². The molecule has 0 aromatic carbocycles. The summed E-state index contributed by atoms with van der Waals surface area (Å²) in [5.74, 6) is -0.540. The van der Waals surface area contributed by atoms with Crippen LogP contribution >= 0.6 is 0 Å². The Morgan fingerprint density at radius 3 is 2.45 bits per heavy atom. The third kappa shape index (κ3) is 4.10. The summed E-state index contributed by atoms with van der Waals surface area (Å²) in [7, 11) is 1.64. The van der Waals surface area contributed by atoms with Crippen LogP contribution in [0.25, 0.3) is 0 Å². The molecule has 3 N–H and O–H groups in total. The molecular weight excluding hydrogens is 400 g/mol. The first-order valence-corrected chi connectivity index (χ1v) is 11.4. The van der Waals surface area contributed by atoms with E-state index in [2.05, 4.69) is 32.2 Å². The van der Waals surface area contributed by atoms with Crippen molar-refractivity contribution in [2.45, 2.75) is 101 Å². The molecule has 2 aliphatic heterocycles. The number of hydrogen-bond acceptors (Lipinski definition) is 6. The lowest BCUT2D eigenvalue weighted by atomic mass is 9.68. The number of rotatable bonds is 7. The normalized spacial score (nSPS) is 40.3. The lowest BCUT2D eigenvalue weighted by Crippen LogP contribution is -2.59. The van der Waals surface area contributed by atoms with E-state index in [1.54, 1.807) is 7.11 Å². The van der Waals surface area contributed by atoms with Crippen molar-refractivity contribution in [2.24, 2.45) is 11.7 Å². The van der Waals surface area contributed by atoms with E-state index in [0.29, 0.717) is 25.9 Å². The number of nitrogens with one attached hydrogen (secondary N) is 1. The molecule has 4 aliphatic rings. The zero-order valence-corrected chi connectivity index (χ0v) is 19.1. The van der Waals surface area contributed by atoms with E-state index in [-0.39, 0.29) is 29.3 Å². The van der Waals surface area contributed by atoms with Crippen LogP contribution in [0.5, 0.6) is 0 Å². The van der Waals surface area contributed by atoms with Crippen LogP contribution in [0.3, 0.4) is 0 Å². The van der Waals surface area contributed by atoms with Crippen LogP contribution in [0.2, 0.25) is 0 Å². The predicted molar refractivity (Wildman–Crippen MR) is 113 cm³/mol. The van der Waals surface area contributed by atoms with E-state index in [1.165, 1.54) is 5.57 Å². The molecule has 6 atom stereocenters. The molecule has 0 aromatic heterocycles. The summed E-state index contributed by atoms with van der Waals surface area (Å²) in [6.45, 7) is 6.94. The molecular formula is C23H36N2O6. The van der Waals surface area contributed by atoms with Gasteiger partial charge in [0.2, 0.25) is 5.91 Å². The number of hydrogen-bond donors (Lipinski definition) is 2. The smallest absolute Gasteiger partial charge is 0.408 e. The molecule has 174 valence electrons. The molecule has 8 nitrogen and oxygen atoms in total. The zero-order chi connectivity index (χ0) is 22.4. The molecule has 2 saturated heterocycles. The Hall–Kier alpha value is -1.64. The molecule has 0 aromatic rings. The monoisotopic (exact) mass is 436 g/mol. The summed E-state index contributed by atoms with van der Waals surface area (Å²) in [6.07, 6.45) is 5.96. The fraction of sp³-hybridized carbons (Fsp3) is 0.826. The Morgan fingerprint density at radius 2 is 1.90 bits per heavy atom. The van der Waals surface area contributed by atoms with Crippen LogP contribution in [0.4, 0.5) is 4.79 Å². The highest BCUT2D eigenvalue weighted by Crippen LogP contribution is 2.59. The SMILES string of the molecule is CO[C@@H]1[C@H](OC(=O)NC2(C(N)=O)CCCC2)CC[C@]2(CO2)[C@H]1[C@@]1(C)O[C@@H]1CC=C(C)C. The number of nitrogens with two attached hydrogens (primary N) is 1. The fourth-order valence-corrected chi connectivity index (χ4v) is 5.84. The molecule has 2 aliphatic carbocycles.